The van der Waals surface area contributed by atoms with Crippen LogP contribution >= 0.6 is 0 Å². The van der Waals surface area contributed by atoms with Crippen molar-refractivity contribution in [3.8, 4) is 0 Å². The molecule has 2 fully saturated rings. The second-order valence-electron chi connectivity index (χ2n) is 6.81. The van der Waals surface area contributed by atoms with Gasteiger partial charge in [0.15, 0.2) is 0 Å². The molecular weight excluding hydrogens is 324 g/mol. The number of nitrogens with zero attached hydrogens (tertiary/aromatic N) is 2. The first kappa shape index (κ1) is 17.3. The quantitative estimate of drug-likeness (QED) is 0.656. The SMILES string of the molecule is NC(=O)c1cncc(NC(=O)C(=O)N2CC[C@@H]3C[C@H](O)CC[C@H]3C2)c1. The molecule has 1 saturated carbocycles. The van der Waals surface area contributed by atoms with E-state index < -0.39 is 17.7 Å². The van der Waals surface area contributed by atoms with E-state index in [1.807, 2.05) is 0 Å². The van der Waals surface area contributed by atoms with Gasteiger partial charge in [-0.2, -0.15) is 0 Å². The summed E-state index contributed by atoms with van der Waals surface area (Å²) in [6.45, 7) is 1.06. The van der Waals surface area contributed by atoms with Crippen LogP contribution in [0.1, 0.15) is 36.0 Å². The standard InChI is InChI=1S/C17H22N4O4/c18-15(23)12-5-13(8-19-7-12)20-16(24)17(25)21-4-3-10-6-14(22)2-1-11(10)9-21/h5,7-8,10-11,14,22H,1-4,6,9H2,(H2,18,23)(H,20,24)/t10-,11+,14-/m1/s1. The fourth-order valence-corrected chi connectivity index (χ4v) is 3.75. The van der Waals surface area contributed by atoms with Gasteiger partial charge < -0.3 is 21.1 Å². The summed E-state index contributed by atoms with van der Waals surface area (Å²) in [5.41, 5.74) is 5.59. The second-order valence-corrected chi connectivity index (χ2v) is 6.81. The monoisotopic (exact) mass is 346 g/mol. The highest BCUT2D eigenvalue weighted by Crippen LogP contribution is 2.36. The Morgan fingerprint density at radius 1 is 1.20 bits per heavy atom. The molecule has 4 N–H and O–H groups in total. The molecule has 2 aliphatic rings. The van der Waals surface area contributed by atoms with Gasteiger partial charge >= 0.3 is 11.8 Å². The fraction of sp³-hybridized carbons (Fsp3) is 0.529. The molecule has 1 aliphatic heterocycles. The van der Waals surface area contributed by atoms with E-state index in [4.69, 9.17) is 5.73 Å². The normalized spacial score (nSPS) is 25.8. The van der Waals surface area contributed by atoms with E-state index in [-0.39, 0.29) is 17.4 Å². The number of nitrogens with one attached hydrogen (secondary N) is 1. The average molecular weight is 346 g/mol. The van der Waals surface area contributed by atoms with Crippen molar-refractivity contribution in [2.45, 2.75) is 31.8 Å². The molecule has 0 radical (unpaired) electrons. The van der Waals surface area contributed by atoms with Crippen molar-refractivity contribution in [2.75, 3.05) is 18.4 Å². The van der Waals surface area contributed by atoms with Gasteiger partial charge in [0.1, 0.15) is 0 Å². The third kappa shape index (κ3) is 3.96. The first-order chi connectivity index (χ1) is 11.9. The Morgan fingerprint density at radius 2 is 2.00 bits per heavy atom. The van der Waals surface area contributed by atoms with Crippen LogP contribution in [0.3, 0.4) is 0 Å². The first-order valence-corrected chi connectivity index (χ1v) is 8.47. The number of rotatable bonds is 2. The summed E-state index contributed by atoms with van der Waals surface area (Å²) in [5.74, 6) is -1.23. The second kappa shape index (κ2) is 7.18. The molecule has 134 valence electrons. The lowest BCUT2D eigenvalue weighted by Gasteiger charge is -2.42. The van der Waals surface area contributed by atoms with Crippen LogP contribution < -0.4 is 11.1 Å². The molecule has 1 aromatic rings. The third-order valence-corrected chi connectivity index (χ3v) is 5.10. The number of likely N-dealkylation sites (tertiary alicyclic amines) is 1. The molecule has 1 aliphatic carbocycles. The average Bonchev–Trinajstić information content (AvgIpc) is 2.60. The van der Waals surface area contributed by atoms with E-state index >= 15 is 0 Å². The zero-order valence-electron chi connectivity index (χ0n) is 13.9. The highest BCUT2D eigenvalue weighted by molar-refractivity contribution is 6.39. The number of nitrogens with two attached hydrogens (primary N) is 1. The summed E-state index contributed by atoms with van der Waals surface area (Å²) in [7, 11) is 0. The van der Waals surface area contributed by atoms with E-state index in [1.165, 1.54) is 18.5 Å². The Bertz CT molecular complexity index is 693. The number of piperidine rings is 1. The predicted molar refractivity (Wildman–Crippen MR) is 89.4 cm³/mol. The predicted octanol–water partition coefficient (Wildman–Crippen LogP) is 0.128. The molecule has 3 amide bonds. The van der Waals surface area contributed by atoms with Crippen molar-refractivity contribution in [1.82, 2.24) is 9.88 Å². The number of pyridine rings is 1. The van der Waals surface area contributed by atoms with E-state index in [9.17, 15) is 19.5 Å². The van der Waals surface area contributed by atoms with Crippen LogP contribution in [0.2, 0.25) is 0 Å². The number of aliphatic hydroxyl groups is 1. The third-order valence-electron chi connectivity index (χ3n) is 5.10. The minimum atomic E-state index is -0.752. The number of primary amides is 1. The zero-order chi connectivity index (χ0) is 18.0. The largest absolute Gasteiger partial charge is 0.393 e. The highest BCUT2D eigenvalue weighted by Gasteiger charge is 2.37. The maximum absolute atomic E-state index is 12.4. The maximum Gasteiger partial charge on any atom is 0.313 e. The van der Waals surface area contributed by atoms with E-state index in [1.54, 1.807) is 4.90 Å². The van der Waals surface area contributed by atoms with Gasteiger partial charge in [0.25, 0.3) is 0 Å². The number of hydrogen-bond donors (Lipinski definition) is 3. The van der Waals surface area contributed by atoms with Gasteiger partial charge in [-0.3, -0.25) is 19.4 Å². The topological polar surface area (TPSA) is 126 Å². The van der Waals surface area contributed by atoms with Gasteiger partial charge in [-0.25, -0.2) is 0 Å². The summed E-state index contributed by atoms with van der Waals surface area (Å²) in [5, 5.41) is 12.2. The van der Waals surface area contributed by atoms with Crippen LogP contribution in [-0.4, -0.2) is 51.9 Å². The first-order valence-electron chi connectivity index (χ1n) is 8.47. The molecular formula is C17H22N4O4. The van der Waals surface area contributed by atoms with E-state index in [0.29, 0.717) is 24.9 Å². The van der Waals surface area contributed by atoms with Crippen LogP contribution in [0.25, 0.3) is 0 Å². The molecule has 3 atom stereocenters. The zero-order valence-corrected chi connectivity index (χ0v) is 13.9. The van der Waals surface area contributed by atoms with Gasteiger partial charge in [-0.15, -0.1) is 0 Å². The minimum Gasteiger partial charge on any atom is -0.393 e. The Morgan fingerprint density at radius 3 is 2.76 bits per heavy atom. The van der Waals surface area contributed by atoms with Gasteiger partial charge in [0.2, 0.25) is 5.91 Å². The molecule has 1 saturated heterocycles. The molecule has 1 aromatic heterocycles. The Kier molecular flexibility index (Phi) is 4.98. The lowest BCUT2D eigenvalue weighted by Crippen LogP contribution is -2.49. The number of fused-ring (bicyclic) bond motifs is 1. The van der Waals surface area contributed by atoms with Crippen LogP contribution in [0.5, 0.6) is 0 Å². The summed E-state index contributed by atoms with van der Waals surface area (Å²) in [4.78, 5) is 41.2. The van der Waals surface area contributed by atoms with Crippen LogP contribution in [-0.2, 0) is 9.59 Å². The van der Waals surface area contributed by atoms with Crippen LogP contribution in [0.15, 0.2) is 18.5 Å². The molecule has 2 heterocycles. The molecule has 8 heteroatoms. The Balaban J connectivity index is 1.60. The molecule has 25 heavy (non-hydrogen) atoms. The van der Waals surface area contributed by atoms with Gasteiger partial charge in [0, 0.05) is 19.3 Å². The van der Waals surface area contributed by atoms with Gasteiger partial charge in [-0.05, 0) is 43.6 Å². The van der Waals surface area contributed by atoms with Crippen molar-refractivity contribution in [3.05, 3.63) is 24.0 Å². The van der Waals surface area contributed by atoms with Crippen molar-refractivity contribution in [3.63, 3.8) is 0 Å². The lowest BCUT2D eigenvalue weighted by molar-refractivity contribution is -0.145. The Labute approximate surface area is 145 Å². The molecule has 0 spiro atoms. The molecule has 0 unspecified atom stereocenters. The Hall–Kier alpha value is -2.48. The smallest absolute Gasteiger partial charge is 0.313 e. The molecule has 0 bridgehead atoms. The van der Waals surface area contributed by atoms with Gasteiger partial charge in [0.05, 0.1) is 23.6 Å². The van der Waals surface area contributed by atoms with Crippen molar-refractivity contribution < 1.29 is 19.5 Å². The number of aliphatic hydroxyl groups excluding tert-OH is 1. The maximum atomic E-state index is 12.4. The lowest BCUT2D eigenvalue weighted by atomic mass is 9.74. The van der Waals surface area contributed by atoms with Crippen molar-refractivity contribution in [1.29, 1.82) is 0 Å². The van der Waals surface area contributed by atoms with Crippen LogP contribution in [0, 0.1) is 11.8 Å². The number of amides is 3. The van der Waals surface area contributed by atoms with E-state index in [2.05, 4.69) is 10.3 Å². The number of carbonyl (C=O) groups excluding carboxylic acids is 3. The summed E-state index contributed by atoms with van der Waals surface area (Å²) < 4.78 is 0. The molecule has 8 nitrogen and oxygen atoms in total. The van der Waals surface area contributed by atoms with Crippen molar-refractivity contribution in [2.24, 2.45) is 17.6 Å². The summed E-state index contributed by atoms with van der Waals surface area (Å²) in [6.07, 6.45) is 5.62. The van der Waals surface area contributed by atoms with Crippen LogP contribution in [0.4, 0.5) is 5.69 Å². The van der Waals surface area contributed by atoms with Crippen molar-refractivity contribution >= 4 is 23.4 Å². The number of hydrogen-bond acceptors (Lipinski definition) is 5. The summed E-state index contributed by atoms with van der Waals surface area (Å²) in [6, 6.07) is 1.38. The highest BCUT2D eigenvalue weighted by atomic mass is 16.3. The minimum absolute atomic E-state index is 0.159. The number of carbonyl (C=O) groups is 3. The molecule has 0 aromatic carbocycles. The van der Waals surface area contributed by atoms with Gasteiger partial charge in [-0.1, -0.05) is 0 Å². The fourth-order valence-electron chi connectivity index (χ4n) is 3.75. The molecule has 3 rings (SSSR count). The number of anilines is 1. The number of aromatic nitrogens is 1. The summed E-state index contributed by atoms with van der Waals surface area (Å²) >= 11 is 0. The van der Waals surface area contributed by atoms with E-state index in [0.717, 1.165) is 25.7 Å².